The van der Waals surface area contributed by atoms with Crippen LogP contribution in [0.2, 0.25) is 10.0 Å². The Balaban J connectivity index is 1.57. The number of hydrogen-bond donors (Lipinski definition) is 0. The van der Waals surface area contributed by atoms with Crippen LogP contribution < -0.4 is 4.90 Å². The van der Waals surface area contributed by atoms with Crippen LogP contribution in [0, 0.1) is 11.2 Å². The summed E-state index contributed by atoms with van der Waals surface area (Å²) in [4.78, 5) is 26.5. The van der Waals surface area contributed by atoms with E-state index in [1.165, 1.54) is 6.07 Å². The molecule has 4 nitrogen and oxygen atoms in total. The second-order valence-corrected chi connectivity index (χ2v) is 11.1. The highest BCUT2D eigenvalue weighted by atomic mass is 35.5. The fourth-order valence-electron chi connectivity index (χ4n) is 6.59. The molecule has 2 aliphatic carbocycles. The van der Waals surface area contributed by atoms with Crippen LogP contribution in [0.15, 0.2) is 30.3 Å². The highest BCUT2D eigenvalue weighted by Gasteiger charge is 2.69. The van der Waals surface area contributed by atoms with Gasteiger partial charge in [-0.15, -0.1) is 0 Å². The Morgan fingerprint density at radius 1 is 1.09 bits per heavy atom. The maximum atomic E-state index is 14.6. The number of benzene rings is 2. The normalized spacial score (nSPS) is 27.0. The van der Waals surface area contributed by atoms with Gasteiger partial charge >= 0.3 is 0 Å². The molecule has 2 heterocycles. The van der Waals surface area contributed by atoms with Crippen LogP contribution in [0.1, 0.15) is 62.9 Å². The van der Waals surface area contributed by atoms with Gasteiger partial charge in [-0.25, -0.2) is 14.4 Å². The number of aryl methyl sites for hydroxylation is 1. The molecule has 1 saturated carbocycles. The lowest BCUT2D eigenvalue weighted by Gasteiger charge is -2.44. The second kappa shape index (κ2) is 6.89. The molecule has 1 amide bonds. The largest absolute Gasteiger partial charge is 0.309 e. The van der Waals surface area contributed by atoms with E-state index in [0.29, 0.717) is 21.1 Å². The Bertz CT molecular complexity index is 1360. The van der Waals surface area contributed by atoms with Gasteiger partial charge in [0.2, 0.25) is 5.91 Å². The molecule has 1 aliphatic heterocycles. The van der Waals surface area contributed by atoms with Gasteiger partial charge in [0, 0.05) is 17.6 Å². The number of amides is 1. The van der Waals surface area contributed by atoms with Crippen LogP contribution in [0.5, 0.6) is 0 Å². The Morgan fingerprint density at radius 3 is 2.52 bits per heavy atom. The molecule has 0 radical (unpaired) electrons. The van der Waals surface area contributed by atoms with E-state index in [4.69, 9.17) is 33.2 Å². The number of rotatable bonds is 1. The number of halogens is 3. The van der Waals surface area contributed by atoms with Crippen molar-refractivity contribution < 1.29 is 9.18 Å². The summed E-state index contributed by atoms with van der Waals surface area (Å²) in [5.74, 6) is -0.0904. The highest BCUT2D eigenvalue weighted by molar-refractivity contribution is 6.42. The lowest BCUT2D eigenvalue weighted by atomic mass is 9.67. The predicted octanol–water partition coefficient (Wildman–Crippen LogP) is 6.60. The first-order chi connectivity index (χ1) is 15.6. The number of aromatic nitrogens is 2. The molecule has 0 spiro atoms. The first-order valence-corrected chi connectivity index (χ1v) is 12.2. The maximum absolute atomic E-state index is 14.6. The number of carbonyl (C=O) groups excluding carboxylic acids is 1. The molecule has 7 heteroatoms. The van der Waals surface area contributed by atoms with Crippen molar-refractivity contribution in [1.82, 2.24) is 9.97 Å². The molecule has 3 aliphatic rings. The lowest BCUT2D eigenvalue weighted by Crippen LogP contribution is -2.55. The second-order valence-electron chi connectivity index (χ2n) is 10.3. The number of anilines is 1. The molecule has 33 heavy (non-hydrogen) atoms. The summed E-state index contributed by atoms with van der Waals surface area (Å²) in [5, 5.41) is 0.861. The van der Waals surface area contributed by atoms with Gasteiger partial charge in [0.25, 0.3) is 0 Å². The van der Waals surface area contributed by atoms with E-state index in [-0.39, 0.29) is 29.1 Å². The summed E-state index contributed by atoms with van der Waals surface area (Å²) in [6, 6.07) is 8.24. The van der Waals surface area contributed by atoms with Gasteiger partial charge in [-0.3, -0.25) is 4.79 Å². The SMILES string of the molecule is CC1CCc2cc(F)ccc2N1C(=O)C12CCC(c3nc4cc(Cl)c(Cl)cc4nc31)C2(C)C. The average molecular weight is 484 g/mol. The van der Waals surface area contributed by atoms with Crippen molar-refractivity contribution in [1.29, 1.82) is 0 Å². The van der Waals surface area contributed by atoms with E-state index in [9.17, 15) is 9.18 Å². The number of hydrogen-bond acceptors (Lipinski definition) is 3. The van der Waals surface area contributed by atoms with Gasteiger partial charge in [-0.1, -0.05) is 37.0 Å². The molecule has 2 aromatic carbocycles. The summed E-state index contributed by atoms with van der Waals surface area (Å²) in [6.07, 6.45) is 3.16. The molecular formula is C26H24Cl2FN3O. The van der Waals surface area contributed by atoms with Crippen LogP contribution in [0.25, 0.3) is 11.0 Å². The molecular weight excluding hydrogens is 460 g/mol. The number of fused-ring (bicyclic) bond motifs is 7. The van der Waals surface area contributed by atoms with E-state index >= 15 is 0 Å². The monoisotopic (exact) mass is 483 g/mol. The van der Waals surface area contributed by atoms with E-state index in [1.54, 1.807) is 24.3 Å². The van der Waals surface area contributed by atoms with Crippen molar-refractivity contribution in [3.05, 3.63) is 63.1 Å². The fraction of sp³-hybridized carbons (Fsp3) is 0.423. The minimum absolute atomic E-state index is 0.0189. The third kappa shape index (κ3) is 2.67. The van der Waals surface area contributed by atoms with Crippen molar-refractivity contribution in [2.75, 3.05) is 4.90 Å². The van der Waals surface area contributed by atoms with E-state index in [2.05, 4.69) is 20.8 Å². The summed E-state index contributed by atoms with van der Waals surface area (Å²) >= 11 is 12.5. The van der Waals surface area contributed by atoms with Crippen molar-refractivity contribution in [3.63, 3.8) is 0 Å². The zero-order valence-electron chi connectivity index (χ0n) is 18.8. The Kier molecular flexibility index (Phi) is 4.45. The fourth-order valence-corrected chi connectivity index (χ4v) is 6.90. The van der Waals surface area contributed by atoms with Crippen LogP contribution in [0.4, 0.5) is 10.1 Å². The highest BCUT2D eigenvalue weighted by Crippen LogP contribution is 2.68. The first-order valence-electron chi connectivity index (χ1n) is 11.4. The van der Waals surface area contributed by atoms with Crippen molar-refractivity contribution in [2.45, 2.75) is 63.8 Å². The minimum atomic E-state index is -0.794. The molecule has 6 rings (SSSR count). The molecule has 3 unspecified atom stereocenters. The molecule has 1 aromatic heterocycles. The zero-order chi connectivity index (χ0) is 23.3. The van der Waals surface area contributed by atoms with Crippen LogP contribution in [0.3, 0.4) is 0 Å². The average Bonchev–Trinajstić information content (AvgIpc) is 3.14. The van der Waals surface area contributed by atoms with Crippen molar-refractivity contribution in [2.24, 2.45) is 5.41 Å². The Labute approximate surface area is 202 Å². The van der Waals surface area contributed by atoms with Crippen LogP contribution in [-0.2, 0) is 16.6 Å². The van der Waals surface area contributed by atoms with Gasteiger partial charge < -0.3 is 4.90 Å². The van der Waals surface area contributed by atoms with Crippen molar-refractivity contribution >= 4 is 45.8 Å². The molecule has 170 valence electrons. The Hall–Kier alpha value is -2.24. The molecule has 0 saturated heterocycles. The quantitative estimate of drug-likeness (QED) is 0.391. The molecule has 3 aromatic rings. The maximum Gasteiger partial charge on any atom is 0.240 e. The Morgan fingerprint density at radius 2 is 1.79 bits per heavy atom. The van der Waals surface area contributed by atoms with E-state index in [0.717, 1.165) is 48.3 Å². The van der Waals surface area contributed by atoms with Gasteiger partial charge in [-0.2, -0.15) is 0 Å². The summed E-state index contributed by atoms with van der Waals surface area (Å²) in [7, 11) is 0. The van der Waals surface area contributed by atoms with Crippen LogP contribution in [-0.4, -0.2) is 21.9 Å². The third-order valence-corrected chi connectivity index (χ3v) is 9.13. The lowest BCUT2D eigenvalue weighted by molar-refractivity contribution is -0.127. The summed E-state index contributed by atoms with van der Waals surface area (Å²) in [5.41, 5.74) is 3.55. The summed E-state index contributed by atoms with van der Waals surface area (Å²) < 4.78 is 14.0. The minimum Gasteiger partial charge on any atom is -0.309 e. The third-order valence-electron chi connectivity index (χ3n) is 8.40. The van der Waals surface area contributed by atoms with E-state index in [1.807, 2.05) is 4.90 Å². The van der Waals surface area contributed by atoms with Crippen LogP contribution >= 0.6 is 23.2 Å². The van der Waals surface area contributed by atoms with Gasteiger partial charge in [0.1, 0.15) is 5.82 Å². The zero-order valence-corrected chi connectivity index (χ0v) is 20.3. The smallest absolute Gasteiger partial charge is 0.240 e. The van der Waals surface area contributed by atoms with Gasteiger partial charge in [0.15, 0.2) is 0 Å². The molecule has 3 atom stereocenters. The predicted molar refractivity (Wildman–Crippen MR) is 129 cm³/mol. The number of nitrogens with zero attached hydrogens (tertiary/aromatic N) is 3. The van der Waals surface area contributed by atoms with E-state index < -0.39 is 5.41 Å². The molecule has 1 fully saturated rings. The van der Waals surface area contributed by atoms with Gasteiger partial charge in [0.05, 0.1) is 37.9 Å². The molecule has 2 bridgehead atoms. The topological polar surface area (TPSA) is 46.1 Å². The molecule has 0 N–H and O–H groups in total. The standard InChI is InChI=1S/C26H24Cl2FN3O/c1-13-4-5-14-10-15(29)6-7-21(14)32(13)24(33)26-9-8-16(25(26,2)3)22-23(26)31-20-12-18(28)17(27)11-19(20)30-22/h6-7,10-13,16H,4-5,8-9H2,1-3H3. The summed E-state index contributed by atoms with van der Waals surface area (Å²) in [6.45, 7) is 6.40. The van der Waals surface area contributed by atoms with Crippen molar-refractivity contribution in [3.8, 4) is 0 Å². The number of carbonyl (C=O) groups is 1. The van der Waals surface area contributed by atoms with Gasteiger partial charge in [-0.05, 0) is 73.9 Å². The first kappa shape index (κ1) is 21.3.